The second kappa shape index (κ2) is 5.69. The van der Waals surface area contributed by atoms with E-state index in [0.29, 0.717) is 11.4 Å². The summed E-state index contributed by atoms with van der Waals surface area (Å²) in [6.45, 7) is 0. The topological polar surface area (TPSA) is 29.1 Å². The molecule has 0 saturated heterocycles. The van der Waals surface area contributed by atoms with Crippen molar-refractivity contribution in [3.63, 3.8) is 0 Å². The summed E-state index contributed by atoms with van der Waals surface area (Å²) >= 11 is 6.20. The van der Waals surface area contributed by atoms with Gasteiger partial charge >= 0.3 is 0 Å². The Kier molecular flexibility index (Phi) is 4.00. The van der Waals surface area contributed by atoms with Crippen LogP contribution in [0.3, 0.4) is 0 Å². The van der Waals surface area contributed by atoms with Crippen LogP contribution in [-0.4, -0.2) is 13.0 Å². The molecule has 0 atom stereocenters. The molecular weight excluding hydrogens is 246 g/mol. The summed E-state index contributed by atoms with van der Waals surface area (Å²) in [5.74, 6) is -0.00509. The van der Waals surface area contributed by atoms with Crippen LogP contribution in [0.4, 0.5) is 0 Å². The lowest BCUT2D eigenvalue weighted by Crippen LogP contribution is -2.20. The van der Waals surface area contributed by atoms with Gasteiger partial charge in [-0.1, -0.05) is 54.1 Å². The van der Waals surface area contributed by atoms with Gasteiger partial charge in [-0.3, -0.25) is 4.79 Å². The van der Waals surface area contributed by atoms with Crippen molar-refractivity contribution in [3.05, 3.63) is 59.1 Å². The molecule has 92 valence electrons. The maximum Gasteiger partial charge on any atom is 0.224 e. The normalized spacial score (nSPS) is 10.1. The molecule has 0 bridgehead atoms. The van der Waals surface area contributed by atoms with Gasteiger partial charge in [-0.15, -0.1) is 0 Å². The van der Waals surface area contributed by atoms with Crippen LogP contribution >= 0.6 is 11.6 Å². The highest BCUT2D eigenvalue weighted by Gasteiger charge is 2.10. The lowest BCUT2D eigenvalue weighted by molar-refractivity contribution is -0.119. The molecule has 0 fully saturated rings. The van der Waals surface area contributed by atoms with Crippen molar-refractivity contribution in [2.45, 2.75) is 6.42 Å². The molecule has 18 heavy (non-hydrogen) atoms. The van der Waals surface area contributed by atoms with Gasteiger partial charge in [0.25, 0.3) is 0 Å². The molecule has 0 heterocycles. The van der Waals surface area contributed by atoms with Crippen LogP contribution < -0.4 is 5.32 Å². The maximum absolute atomic E-state index is 11.5. The van der Waals surface area contributed by atoms with E-state index in [1.807, 2.05) is 48.5 Å². The number of rotatable bonds is 3. The van der Waals surface area contributed by atoms with Crippen LogP contribution in [0.2, 0.25) is 5.02 Å². The zero-order valence-electron chi connectivity index (χ0n) is 10.1. The van der Waals surface area contributed by atoms with E-state index in [0.717, 1.165) is 16.7 Å². The second-order valence-corrected chi connectivity index (χ2v) is 4.39. The van der Waals surface area contributed by atoms with Gasteiger partial charge in [-0.2, -0.15) is 0 Å². The Balaban J connectivity index is 2.45. The predicted octanol–water partition coefficient (Wildman–Crippen LogP) is 3.30. The van der Waals surface area contributed by atoms with Crippen molar-refractivity contribution in [2.24, 2.45) is 0 Å². The first kappa shape index (κ1) is 12.7. The molecule has 0 aliphatic heterocycles. The molecule has 1 N–H and O–H groups in total. The summed E-state index contributed by atoms with van der Waals surface area (Å²) in [6.07, 6.45) is 0.359. The Hall–Kier alpha value is -1.80. The first-order valence-corrected chi connectivity index (χ1v) is 6.13. The average Bonchev–Trinajstić information content (AvgIpc) is 2.40. The van der Waals surface area contributed by atoms with Crippen LogP contribution in [0.5, 0.6) is 0 Å². The molecule has 2 aromatic carbocycles. The summed E-state index contributed by atoms with van der Waals surface area (Å²) in [7, 11) is 1.64. The fourth-order valence-electron chi connectivity index (χ4n) is 1.88. The number of carbonyl (C=O) groups is 1. The lowest BCUT2D eigenvalue weighted by atomic mass is 9.97. The van der Waals surface area contributed by atoms with Crippen LogP contribution in [0.15, 0.2) is 48.5 Å². The predicted molar refractivity (Wildman–Crippen MR) is 74.7 cm³/mol. The molecule has 3 heteroatoms. The van der Waals surface area contributed by atoms with Gasteiger partial charge in [-0.05, 0) is 17.2 Å². The highest BCUT2D eigenvalue weighted by Crippen LogP contribution is 2.30. The number of benzene rings is 2. The standard InChI is InChI=1S/C15H14ClNO/c1-17-15(18)10-11-6-2-3-7-12(11)13-8-4-5-9-14(13)16/h2-9H,10H2,1H3,(H,17,18). The highest BCUT2D eigenvalue weighted by atomic mass is 35.5. The van der Waals surface area contributed by atoms with E-state index < -0.39 is 0 Å². The molecule has 0 unspecified atom stereocenters. The first-order valence-electron chi connectivity index (χ1n) is 5.75. The van der Waals surface area contributed by atoms with Crippen molar-refractivity contribution in [2.75, 3.05) is 7.05 Å². The van der Waals surface area contributed by atoms with E-state index in [4.69, 9.17) is 11.6 Å². The Morgan fingerprint density at radius 3 is 2.33 bits per heavy atom. The quantitative estimate of drug-likeness (QED) is 0.900. The van der Waals surface area contributed by atoms with Crippen molar-refractivity contribution >= 4 is 17.5 Å². The highest BCUT2D eigenvalue weighted by molar-refractivity contribution is 6.33. The fraction of sp³-hybridized carbons (Fsp3) is 0.133. The van der Waals surface area contributed by atoms with E-state index in [1.54, 1.807) is 7.05 Å². The molecule has 0 radical (unpaired) electrons. The zero-order chi connectivity index (χ0) is 13.0. The Morgan fingerprint density at radius 2 is 1.67 bits per heavy atom. The number of amides is 1. The van der Waals surface area contributed by atoms with Gasteiger partial charge in [0, 0.05) is 17.6 Å². The van der Waals surface area contributed by atoms with Crippen LogP contribution in [0.1, 0.15) is 5.56 Å². The summed E-state index contributed by atoms with van der Waals surface area (Å²) < 4.78 is 0. The van der Waals surface area contributed by atoms with Crippen molar-refractivity contribution < 1.29 is 4.79 Å². The molecule has 2 nitrogen and oxygen atoms in total. The van der Waals surface area contributed by atoms with E-state index in [9.17, 15) is 4.79 Å². The second-order valence-electron chi connectivity index (χ2n) is 3.99. The maximum atomic E-state index is 11.5. The Bertz CT molecular complexity index is 566. The average molecular weight is 260 g/mol. The number of carbonyl (C=O) groups excluding carboxylic acids is 1. The third-order valence-corrected chi connectivity index (χ3v) is 3.14. The third-order valence-electron chi connectivity index (χ3n) is 2.81. The first-order chi connectivity index (χ1) is 8.72. The van der Waals surface area contributed by atoms with Crippen LogP contribution in [0.25, 0.3) is 11.1 Å². The minimum absolute atomic E-state index is 0.00509. The van der Waals surface area contributed by atoms with Gasteiger partial charge in [-0.25, -0.2) is 0 Å². The molecule has 2 rings (SSSR count). The fourth-order valence-corrected chi connectivity index (χ4v) is 2.12. The monoisotopic (exact) mass is 259 g/mol. The number of likely N-dealkylation sites (N-methyl/N-ethyl adjacent to an activating group) is 1. The van der Waals surface area contributed by atoms with Gasteiger partial charge in [0.15, 0.2) is 0 Å². The third kappa shape index (κ3) is 2.71. The van der Waals surface area contributed by atoms with Gasteiger partial charge in [0.2, 0.25) is 5.91 Å². The molecule has 0 aliphatic carbocycles. The van der Waals surface area contributed by atoms with Crippen molar-refractivity contribution in [1.29, 1.82) is 0 Å². The number of hydrogen-bond acceptors (Lipinski definition) is 1. The molecule has 0 saturated carbocycles. The van der Waals surface area contributed by atoms with Crippen LogP contribution in [0, 0.1) is 0 Å². The van der Waals surface area contributed by atoms with E-state index >= 15 is 0 Å². The Morgan fingerprint density at radius 1 is 1.06 bits per heavy atom. The minimum atomic E-state index is -0.00509. The number of halogens is 1. The van der Waals surface area contributed by atoms with Gasteiger partial charge < -0.3 is 5.32 Å². The molecule has 0 spiro atoms. The summed E-state index contributed by atoms with van der Waals surface area (Å²) in [4.78, 5) is 11.5. The smallest absolute Gasteiger partial charge is 0.224 e. The van der Waals surface area contributed by atoms with Crippen LogP contribution in [-0.2, 0) is 11.2 Å². The van der Waals surface area contributed by atoms with Crippen molar-refractivity contribution in [3.8, 4) is 11.1 Å². The summed E-state index contributed by atoms with van der Waals surface area (Å²) in [5.41, 5.74) is 2.94. The summed E-state index contributed by atoms with van der Waals surface area (Å²) in [5, 5.41) is 3.33. The zero-order valence-corrected chi connectivity index (χ0v) is 10.9. The lowest BCUT2D eigenvalue weighted by Gasteiger charge is -2.10. The van der Waals surface area contributed by atoms with Gasteiger partial charge in [0.05, 0.1) is 6.42 Å². The van der Waals surface area contributed by atoms with E-state index in [2.05, 4.69) is 5.32 Å². The summed E-state index contributed by atoms with van der Waals surface area (Å²) in [6, 6.07) is 15.5. The minimum Gasteiger partial charge on any atom is -0.359 e. The molecule has 0 aliphatic rings. The van der Waals surface area contributed by atoms with Gasteiger partial charge in [0.1, 0.15) is 0 Å². The largest absolute Gasteiger partial charge is 0.359 e. The molecule has 2 aromatic rings. The molecular formula is C15H14ClNO. The van der Waals surface area contributed by atoms with E-state index in [-0.39, 0.29) is 5.91 Å². The van der Waals surface area contributed by atoms with E-state index in [1.165, 1.54) is 0 Å². The Labute approximate surface area is 112 Å². The molecule has 1 amide bonds. The van der Waals surface area contributed by atoms with Crippen molar-refractivity contribution in [1.82, 2.24) is 5.32 Å². The molecule has 0 aromatic heterocycles. The number of nitrogens with one attached hydrogen (secondary N) is 1. The SMILES string of the molecule is CNC(=O)Cc1ccccc1-c1ccccc1Cl. The number of hydrogen-bond donors (Lipinski definition) is 1.